The third-order valence-electron chi connectivity index (χ3n) is 1.46. The zero-order valence-corrected chi connectivity index (χ0v) is 8.23. The number of nitrogens with zero attached hydrogens (tertiary/aromatic N) is 1. The van der Waals surface area contributed by atoms with Gasteiger partial charge in [-0.25, -0.2) is 9.79 Å². The maximum Gasteiger partial charge on any atom is 0.446 e. The first-order valence-electron chi connectivity index (χ1n) is 3.89. The van der Waals surface area contributed by atoms with Gasteiger partial charge >= 0.3 is 5.51 Å². The first kappa shape index (κ1) is 11.8. The molecule has 0 aliphatic heterocycles. The standard InChI is InChI=1S/C9H6F3NOS/c10-9(11,12)15-8-3-1-2-7(4-8)5-13-6-14/h1-4H,5H2. The molecule has 0 bridgehead atoms. The zero-order valence-electron chi connectivity index (χ0n) is 7.41. The topological polar surface area (TPSA) is 29.4 Å². The Labute approximate surface area is 88.2 Å². The molecule has 0 atom stereocenters. The molecule has 15 heavy (non-hydrogen) atoms. The van der Waals surface area contributed by atoms with E-state index >= 15 is 0 Å². The molecule has 0 aliphatic rings. The van der Waals surface area contributed by atoms with Crippen LogP contribution in [0.3, 0.4) is 0 Å². The van der Waals surface area contributed by atoms with Crippen LogP contribution in [0.15, 0.2) is 34.2 Å². The maximum absolute atomic E-state index is 12.0. The minimum Gasteiger partial charge on any atom is -0.211 e. The molecule has 0 saturated heterocycles. The van der Waals surface area contributed by atoms with Gasteiger partial charge in [0.15, 0.2) is 0 Å². The predicted molar refractivity (Wildman–Crippen MR) is 50.2 cm³/mol. The van der Waals surface area contributed by atoms with Crippen molar-refractivity contribution < 1.29 is 18.0 Å². The van der Waals surface area contributed by atoms with E-state index in [1.807, 2.05) is 0 Å². The van der Waals surface area contributed by atoms with Crippen LogP contribution in [0.25, 0.3) is 0 Å². The molecule has 0 amide bonds. The van der Waals surface area contributed by atoms with Crippen LogP contribution >= 0.6 is 11.8 Å². The van der Waals surface area contributed by atoms with Crippen molar-refractivity contribution in [2.75, 3.05) is 0 Å². The number of isocyanates is 1. The van der Waals surface area contributed by atoms with Crippen LogP contribution in [0.1, 0.15) is 5.56 Å². The molecule has 0 saturated carbocycles. The van der Waals surface area contributed by atoms with Crippen LogP contribution < -0.4 is 0 Å². The Balaban J connectivity index is 2.78. The molecular formula is C9H6F3NOS. The van der Waals surface area contributed by atoms with Crippen molar-refractivity contribution in [3.05, 3.63) is 29.8 Å². The molecule has 0 spiro atoms. The summed E-state index contributed by atoms with van der Waals surface area (Å²) in [5, 5.41) is 0. The molecule has 0 unspecified atom stereocenters. The van der Waals surface area contributed by atoms with Crippen molar-refractivity contribution in [2.24, 2.45) is 4.99 Å². The summed E-state index contributed by atoms with van der Waals surface area (Å²) in [7, 11) is 0. The lowest BCUT2D eigenvalue weighted by atomic mass is 10.2. The number of halogens is 3. The average Bonchev–Trinajstić information content (AvgIpc) is 2.12. The summed E-state index contributed by atoms with van der Waals surface area (Å²) in [6, 6.07) is 5.79. The maximum atomic E-state index is 12.0. The minimum absolute atomic E-state index is 0.0513. The van der Waals surface area contributed by atoms with Gasteiger partial charge in [-0.2, -0.15) is 13.2 Å². The highest BCUT2D eigenvalue weighted by atomic mass is 32.2. The molecule has 0 fully saturated rings. The van der Waals surface area contributed by atoms with Crippen LogP contribution in [0, 0.1) is 0 Å². The van der Waals surface area contributed by atoms with Crippen molar-refractivity contribution in [3.63, 3.8) is 0 Å². The third kappa shape index (κ3) is 4.67. The lowest BCUT2D eigenvalue weighted by Gasteiger charge is -2.05. The van der Waals surface area contributed by atoms with E-state index in [9.17, 15) is 18.0 Å². The lowest BCUT2D eigenvalue weighted by Crippen LogP contribution is -1.99. The number of thioether (sulfide) groups is 1. The van der Waals surface area contributed by atoms with Gasteiger partial charge in [0.1, 0.15) is 0 Å². The second kappa shape index (κ2) is 5.00. The summed E-state index contributed by atoms with van der Waals surface area (Å²) >= 11 is -0.192. The summed E-state index contributed by atoms with van der Waals surface area (Å²) in [5.74, 6) is 0. The van der Waals surface area contributed by atoms with Crippen molar-refractivity contribution in [1.82, 2.24) is 0 Å². The van der Waals surface area contributed by atoms with Crippen molar-refractivity contribution >= 4 is 17.8 Å². The minimum atomic E-state index is -4.30. The van der Waals surface area contributed by atoms with E-state index in [-0.39, 0.29) is 23.2 Å². The van der Waals surface area contributed by atoms with Gasteiger partial charge in [0.25, 0.3) is 0 Å². The number of hydrogen-bond donors (Lipinski definition) is 0. The smallest absolute Gasteiger partial charge is 0.211 e. The third-order valence-corrected chi connectivity index (χ3v) is 2.18. The van der Waals surface area contributed by atoms with E-state index in [0.717, 1.165) is 0 Å². The molecule has 1 aromatic rings. The summed E-state index contributed by atoms with van der Waals surface area (Å²) in [5.41, 5.74) is -3.75. The van der Waals surface area contributed by atoms with E-state index in [2.05, 4.69) is 4.99 Å². The van der Waals surface area contributed by atoms with Crippen molar-refractivity contribution in [3.8, 4) is 0 Å². The Hall–Kier alpha value is -1.26. The fraction of sp³-hybridized carbons (Fsp3) is 0.222. The first-order chi connectivity index (χ1) is 7.01. The quantitative estimate of drug-likeness (QED) is 0.456. The van der Waals surface area contributed by atoms with E-state index in [1.165, 1.54) is 24.3 Å². The van der Waals surface area contributed by atoms with Crippen LogP contribution in [0.4, 0.5) is 13.2 Å². The second-order valence-electron chi connectivity index (χ2n) is 2.60. The van der Waals surface area contributed by atoms with Gasteiger partial charge in [0.05, 0.1) is 6.54 Å². The molecule has 0 N–H and O–H groups in total. The number of alkyl halides is 3. The average molecular weight is 233 g/mol. The van der Waals surface area contributed by atoms with E-state index in [4.69, 9.17) is 0 Å². The Morgan fingerprint density at radius 1 is 1.40 bits per heavy atom. The predicted octanol–water partition coefficient (Wildman–Crippen LogP) is 3.13. The van der Waals surface area contributed by atoms with E-state index in [1.54, 1.807) is 6.07 Å². The van der Waals surface area contributed by atoms with Crippen LogP contribution in [0.2, 0.25) is 0 Å². The molecule has 0 aromatic heterocycles. The SMILES string of the molecule is O=C=NCc1cccc(SC(F)(F)F)c1. The highest BCUT2D eigenvalue weighted by Crippen LogP contribution is 2.36. The molecule has 2 nitrogen and oxygen atoms in total. The normalized spacial score (nSPS) is 10.9. The highest BCUT2D eigenvalue weighted by molar-refractivity contribution is 8.00. The van der Waals surface area contributed by atoms with Crippen LogP contribution in [0.5, 0.6) is 0 Å². The fourth-order valence-corrected chi connectivity index (χ4v) is 1.59. The molecule has 1 rings (SSSR count). The van der Waals surface area contributed by atoms with Gasteiger partial charge in [-0.05, 0) is 29.5 Å². The van der Waals surface area contributed by atoms with Gasteiger partial charge in [-0.1, -0.05) is 12.1 Å². The zero-order chi connectivity index (χ0) is 11.3. The van der Waals surface area contributed by atoms with Gasteiger partial charge in [-0.3, -0.25) is 0 Å². The number of aliphatic imine (C=N–C) groups is 1. The highest BCUT2D eigenvalue weighted by Gasteiger charge is 2.29. The summed E-state index contributed by atoms with van der Waals surface area (Å²) in [4.78, 5) is 13.2. The summed E-state index contributed by atoms with van der Waals surface area (Å²) in [6.07, 6.45) is 1.33. The Kier molecular flexibility index (Phi) is 3.94. The molecule has 80 valence electrons. The van der Waals surface area contributed by atoms with Gasteiger partial charge in [0.2, 0.25) is 6.08 Å². The number of rotatable bonds is 3. The fourth-order valence-electron chi connectivity index (χ4n) is 0.965. The molecule has 1 aromatic carbocycles. The van der Waals surface area contributed by atoms with Crippen LogP contribution in [-0.4, -0.2) is 11.6 Å². The van der Waals surface area contributed by atoms with Gasteiger partial charge < -0.3 is 0 Å². The monoisotopic (exact) mass is 233 g/mol. The Bertz CT molecular complexity index is 385. The van der Waals surface area contributed by atoms with Gasteiger partial charge in [0, 0.05) is 4.90 Å². The summed E-state index contributed by atoms with van der Waals surface area (Å²) in [6.45, 7) is 0.0513. The number of carbonyl (C=O) groups excluding carboxylic acids is 1. The Morgan fingerprint density at radius 3 is 2.73 bits per heavy atom. The molecule has 0 radical (unpaired) electrons. The molecular weight excluding hydrogens is 227 g/mol. The largest absolute Gasteiger partial charge is 0.446 e. The number of benzene rings is 1. The lowest BCUT2D eigenvalue weighted by molar-refractivity contribution is -0.0328. The molecule has 0 heterocycles. The van der Waals surface area contributed by atoms with Gasteiger partial charge in [-0.15, -0.1) is 0 Å². The molecule has 0 aliphatic carbocycles. The van der Waals surface area contributed by atoms with Crippen LogP contribution in [-0.2, 0) is 11.3 Å². The van der Waals surface area contributed by atoms with Crippen molar-refractivity contribution in [2.45, 2.75) is 16.9 Å². The number of hydrogen-bond acceptors (Lipinski definition) is 3. The first-order valence-corrected chi connectivity index (χ1v) is 4.71. The Morgan fingerprint density at radius 2 is 2.13 bits per heavy atom. The summed E-state index contributed by atoms with van der Waals surface area (Å²) < 4.78 is 36.0. The second-order valence-corrected chi connectivity index (χ2v) is 3.74. The molecule has 6 heteroatoms. The van der Waals surface area contributed by atoms with E-state index < -0.39 is 5.51 Å². The van der Waals surface area contributed by atoms with E-state index in [0.29, 0.717) is 5.56 Å². The van der Waals surface area contributed by atoms with Crippen molar-refractivity contribution in [1.29, 1.82) is 0 Å².